The summed E-state index contributed by atoms with van der Waals surface area (Å²) < 4.78 is 19.0. The zero-order valence-corrected chi connectivity index (χ0v) is 11.0. The monoisotopic (exact) mass is 297 g/mol. The Bertz CT molecular complexity index is 484. The van der Waals surface area contributed by atoms with Crippen molar-refractivity contribution in [2.45, 2.75) is 19.5 Å². The van der Waals surface area contributed by atoms with E-state index in [1.165, 1.54) is 12.1 Å². The van der Waals surface area contributed by atoms with Crippen molar-refractivity contribution in [2.75, 3.05) is 0 Å². The first kappa shape index (κ1) is 12.3. The maximum absolute atomic E-state index is 12.9. The topological polar surface area (TPSA) is 25.2 Å². The van der Waals surface area contributed by atoms with E-state index in [0.29, 0.717) is 6.54 Å². The Morgan fingerprint density at radius 3 is 2.88 bits per heavy atom. The Morgan fingerprint density at radius 1 is 1.41 bits per heavy atom. The van der Waals surface area contributed by atoms with Crippen LogP contribution in [0.4, 0.5) is 4.39 Å². The molecule has 0 aliphatic heterocycles. The van der Waals surface area contributed by atoms with Crippen LogP contribution >= 0.6 is 15.9 Å². The molecule has 2 aromatic rings. The number of halogens is 2. The molecule has 90 valence electrons. The van der Waals surface area contributed by atoms with Gasteiger partial charge in [-0.25, -0.2) is 4.39 Å². The van der Waals surface area contributed by atoms with E-state index in [4.69, 9.17) is 4.42 Å². The number of hydrogen-bond donors (Lipinski definition) is 1. The first-order valence-electron chi connectivity index (χ1n) is 5.37. The Labute approximate surface area is 108 Å². The first-order valence-corrected chi connectivity index (χ1v) is 6.17. The third-order valence-electron chi connectivity index (χ3n) is 2.58. The maximum Gasteiger partial charge on any atom is 0.124 e. The summed E-state index contributed by atoms with van der Waals surface area (Å²) in [6.07, 6.45) is 1.65. The minimum atomic E-state index is -0.236. The predicted octanol–water partition coefficient (Wildman–Crippen LogP) is 4.03. The van der Waals surface area contributed by atoms with Crippen molar-refractivity contribution in [3.8, 4) is 0 Å². The van der Waals surface area contributed by atoms with Gasteiger partial charge in [-0.15, -0.1) is 0 Å². The average molecular weight is 298 g/mol. The standard InChI is InChI=1S/C13H13BrFNO/c1-9(13-3-2-6-17-13)16-8-10-4-5-11(15)7-12(10)14/h2-7,9,16H,8H2,1H3/t9-/m1/s1. The molecule has 4 heteroatoms. The van der Waals surface area contributed by atoms with E-state index in [2.05, 4.69) is 21.2 Å². The fraction of sp³-hybridized carbons (Fsp3) is 0.231. The summed E-state index contributed by atoms with van der Waals surface area (Å²) in [7, 11) is 0. The fourth-order valence-electron chi connectivity index (χ4n) is 1.57. The van der Waals surface area contributed by atoms with Crippen LogP contribution in [0.2, 0.25) is 0 Å². The van der Waals surface area contributed by atoms with Crippen molar-refractivity contribution < 1.29 is 8.81 Å². The van der Waals surface area contributed by atoms with E-state index in [1.807, 2.05) is 19.1 Å². The van der Waals surface area contributed by atoms with Crippen LogP contribution in [0, 0.1) is 5.82 Å². The van der Waals surface area contributed by atoms with E-state index < -0.39 is 0 Å². The van der Waals surface area contributed by atoms with Crippen molar-refractivity contribution in [3.05, 3.63) is 58.2 Å². The average Bonchev–Trinajstić information content (AvgIpc) is 2.81. The molecule has 0 saturated heterocycles. The molecule has 2 nitrogen and oxygen atoms in total. The lowest BCUT2D eigenvalue weighted by Crippen LogP contribution is -2.17. The van der Waals surface area contributed by atoms with Gasteiger partial charge in [0.05, 0.1) is 12.3 Å². The lowest BCUT2D eigenvalue weighted by atomic mass is 10.2. The van der Waals surface area contributed by atoms with Gasteiger partial charge in [-0.2, -0.15) is 0 Å². The van der Waals surface area contributed by atoms with Gasteiger partial charge in [0.1, 0.15) is 11.6 Å². The van der Waals surface area contributed by atoms with Crippen molar-refractivity contribution in [1.29, 1.82) is 0 Å². The lowest BCUT2D eigenvalue weighted by Gasteiger charge is -2.12. The zero-order valence-electron chi connectivity index (χ0n) is 9.41. The van der Waals surface area contributed by atoms with Crippen molar-refractivity contribution in [2.24, 2.45) is 0 Å². The fourth-order valence-corrected chi connectivity index (χ4v) is 2.06. The third-order valence-corrected chi connectivity index (χ3v) is 3.32. The molecule has 1 aromatic carbocycles. The van der Waals surface area contributed by atoms with Crippen molar-refractivity contribution in [3.63, 3.8) is 0 Å². The quantitative estimate of drug-likeness (QED) is 0.922. The highest BCUT2D eigenvalue weighted by Gasteiger charge is 2.08. The Kier molecular flexibility index (Phi) is 3.97. The Hall–Kier alpha value is -1.13. The number of hydrogen-bond acceptors (Lipinski definition) is 2. The van der Waals surface area contributed by atoms with Crippen LogP contribution in [0.5, 0.6) is 0 Å². The van der Waals surface area contributed by atoms with E-state index in [-0.39, 0.29) is 11.9 Å². The summed E-state index contributed by atoms with van der Waals surface area (Å²) in [6, 6.07) is 8.61. The van der Waals surface area contributed by atoms with Gasteiger partial charge in [-0.05, 0) is 36.8 Å². The summed E-state index contributed by atoms with van der Waals surface area (Å²) in [5, 5.41) is 3.32. The van der Waals surface area contributed by atoms with E-state index in [1.54, 1.807) is 12.3 Å². The first-order chi connectivity index (χ1) is 8.16. The minimum Gasteiger partial charge on any atom is -0.468 e. The van der Waals surface area contributed by atoms with Crippen LogP contribution in [-0.2, 0) is 6.54 Å². The van der Waals surface area contributed by atoms with Gasteiger partial charge in [0.25, 0.3) is 0 Å². The van der Waals surface area contributed by atoms with Gasteiger partial charge in [0.15, 0.2) is 0 Å². The highest BCUT2D eigenvalue weighted by atomic mass is 79.9. The molecule has 0 bridgehead atoms. The van der Waals surface area contributed by atoms with Crippen LogP contribution in [0.25, 0.3) is 0 Å². The van der Waals surface area contributed by atoms with Crippen LogP contribution in [0.1, 0.15) is 24.3 Å². The molecule has 0 aliphatic rings. The van der Waals surface area contributed by atoms with Gasteiger partial charge in [0.2, 0.25) is 0 Å². The second-order valence-corrected chi connectivity index (χ2v) is 4.71. The molecule has 1 heterocycles. The molecule has 0 amide bonds. The zero-order chi connectivity index (χ0) is 12.3. The molecular weight excluding hydrogens is 285 g/mol. The third kappa shape index (κ3) is 3.17. The van der Waals surface area contributed by atoms with Crippen molar-refractivity contribution >= 4 is 15.9 Å². The van der Waals surface area contributed by atoms with Gasteiger partial charge < -0.3 is 9.73 Å². The molecule has 17 heavy (non-hydrogen) atoms. The highest BCUT2D eigenvalue weighted by Crippen LogP contribution is 2.19. The summed E-state index contributed by atoms with van der Waals surface area (Å²) in [4.78, 5) is 0. The summed E-state index contributed by atoms with van der Waals surface area (Å²) in [6.45, 7) is 2.68. The smallest absolute Gasteiger partial charge is 0.124 e. The van der Waals surface area contributed by atoms with E-state index >= 15 is 0 Å². The van der Waals surface area contributed by atoms with Gasteiger partial charge in [-0.3, -0.25) is 0 Å². The molecule has 2 rings (SSSR count). The second kappa shape index (κ2) is 5.47. The molecule has 1 atom stereocenters. The molecule has 1 N–H and O–H groups in total. The predicted molar refractivity (Wildman–Crippen MR) is 68.1 cm³/mol. The van der Waals surface area contributed by atoms with E-state index in [0.717, 1.165) is 15.8 Å². The summed E-state index contributed by atoms with van der Waals surface area (Å²) in [5.41, 5.74) is 1.02. The number of rotatable bonds is 4. The largest absolute Gasteiger partial charge is 0.468 e. The summed E-state index contributed by atoms with van der Waals surface area (Å²) >= 11 is 3.34. The Morgan fingerprint density at radius 2 is 2.24 bits per heavy atom. The van der Waals surface area contributed by atoms with Crippen LogP contribution in [-0.4, -0.2) is 0 Å². The molecule has 0 saturated carbocycles. The van der Waals surface area contributed by atoms with Crippen molar-refractivity contribution in [1.82, 2.24) is 5.32 Å². The van der Waals surface area contributed by atoms with Gasteiger partial charge in [-0.1, -0.05) is 22.0 Å². The van der Waals surface area contributed by atoms with Crippen LogP contribution < -0.4 is 5.32 Å². The number of furan rings is 1. The van der Waals surface area contributed by atoms with Gasteiger partial charge >= 0.3 is 0 Å². The van der Waals surface area contributed by atoms with E-state index in [9.17, 15) is 4.39 Å². The van der Waals surface area contributed by atoms with Gasteiger partial charge in [0, 0.05) is 11.0 Å². The number of nitrogens with one attached hydrogen (secondary N) is 1. The second-order valence-electron chi connectivity index (χ2n) is 3.85. The molecule has 0 fully saturated rings. The SMILES string of the molecule is C[C@@H](NCc1ccc(F)cc1Br)c1ccco1. The molecular formula is C13H13BrFNO. The Balaban J connectivity index is 1.98. The molecule has 0 spiro atoms. The molecule has 0 unspecified atom stereocenters. The van der Waals surface area contributed by atoms with Crippen LogP contribution in [0.3, 0.4) is 0 Å². The molecule has 0 aliphatic carbocycles. The highest BCUT2D eigenvalue weighted by molar-refractivity contribution is 9.10. The minimum absolute atomic E-state index is 0.127. The number of benzene rings is 1. The lowest BCUT2D eigenvalue weighted by molar-refractivity contribution is 0.430. The maximum atomic E-state index is 12.9. The molecule has 1 aromatic heterocycles. The molecule has 0 radical (unpaired) electrons. The summed E-state index contributed by atoms with van der Waals surface area (Å²) in [5.74, 6) is 0.656. The van der Waals surface area contributed by atoms with Crippen LogP contribution in [0.15, 0.2) is 45.5 Å². The normalized spacial score (nSPS) is 12.6.